The minimum Gasteiger partial charge on any atom is -0.457 e. The first-order valence-corrected chi connectivity index (χ1v) is 14.6. The quantitative estimate of drug-likeness (QED) is 0.219. The Bertz CT molecular complexity index is 2090. The molecule has 2 heterocycles. The molecule has 0 amide bonds. The average molecular weight is 538 g/mol. The second-order valence-electron chi connectivity index (χ2n) is 11.5. The zero-order chi connectivity index (χ0) is 27.7. The fourth-order valence-electron chi connectivity index (χ4n) is 7.69. The first-order chi connectivity index (χ1) is 20.8. The smallest absolute Gasteiger partial charge is 0.132 e. The maximum atomic E-state index is 6.76. The highest BCUT2D eigenvalue weighted by molar-refractivity contribution is 5.95. The number of hydrogen-bond donors (Lipinski definition) is 0. The Morgan fingerprint density at radius 1 is 0.571 bits per heavy atom. The minimum absolute atomic E-state index is 0.266. The molecule has 0 saturated carbocycles. The zero-order valence-electron chi connectivity index (χ0n) is 22.9. The highest BCUT2D eigenvalue weighted by Crippen LogP contribution is 2.64. The van der Waals surface area contributed by atoms with Crippen LogP contribution in [0.3, 0.4) is 0 Å². The molecule has 3 atom stereocenters. The Morgan fingerprint density at radius 2 is 1.36 bits per heavy atom. The van der Waals surface area contributed by atoms with Gasteiger partial charge in [0, 0.05) is 39.5 Å². The van der Waals surface area contributed by atoms with Crippen molar-refractivity contribution in [2.24, 2.45) is 5.92 Å². The molecule has 1 spiro atoms. The number of allylic oxidation sites excluding steroid dienone is 4. The second kappa shape index (κ2) is 8.89. The molecule has 1 aromatic heterocycles. The van der Waals surface area contributed by atoms with Crippen LogP contribution < -0.4 is 4.74 Å². The van der Waals surface area contributed by atoms with Gasteiger partial charge in [-0.15, -0.1) is 0 Å². The molecular formula is C40H27NO. The molecule has 2 aliphatic carbocycles. The number of hydrogen-bond acceptors (Lipinski definition) is 2. The molecular weight excluding hydrogens is 510 g/mol. The monoisotopic (exact) mass is 537 g/mol. The van der Waals surface area contributed by atoms with Gasteiger partial charge in [-0.05, 0) is 34.9 Å². The average Bonchev–Trinajstić information content (AvgIpc) is 3.35. The summed E-state index contributed by atoms with van der Waals surface area (Å²) in [5.41, 5.74) is 10.2. The first-order valence-electron chi connectivity index (χ1n) is 14.6. The number of nitrogens with zero attached hydrogens (tertiary/aromatic N) is 1. The number of aromatic nitrogens is 1. The lowest BCUT2D eigenvalue weighted by Crippen LogP contribution is -2.37. The maximum Gasteiger partial charge on any atom is 0.132 e. The lowest BCUT2D eigenvalue weighted by Gasteiger charge is -2.43. The molecule has 6 aromatic rings. The molecule has 42 heavy (non-hydrogen) atoms. The van der Waals surface area contributed by atoms with E-state index in [9.17, 15) is 0 Å². The van der Waals surface area contributed by atoms with Crippen molar-refractivity contribution in [2.45, 2.75) is 11.3 Å². The molecule has 0 N–H and O–H groups in total. The summed E-state index contributed by atoms with van der Waals surface area (Å²) in [4.78, 5) is 5.17. The van der Waals surface area contributed by atoms with Crippen molar-refractivity contribution >= 4 is 10.9 Å². The fraction of sp³-hybridized carbons (Fsp3) is 0.0750. The topological polar surface area (TPSA) is 22.1 Å². The normalized spacial score (nSPS) is 21.0. The van der Waals surface area contributed by atoms with Gasteiger partial charge in [0.15, 0.2) is 0 Å². The van der Waals surface area contributed by atoms with Crippen LogP contribution in [0.5, 0.6) is 11.5 Å². The van der Waals surface area contributed by atoms with Crippen LogP contribution in [-0.4, -0.2) is 4.98 Å². The number of fused-ring (bicyclic) bond motifs is 10. The van der Waals surface area contributed by atoms with E-state index in [1.54, 1.807) is 0 Å². The predicted molar refractivity (Wildman–Crippen MR) is 170 cm³/mol. The summed E-state index contributed by atoms with van der Waals surface area (Å²) in [5.74, 6) is 2.44. The van der Waals surface area contributed by atoms with E-state index >= 15 is 0 Å². The molecule has 0 saturated heterocycles. The summed E-state index contributed by atoms with van der Waals surface area (Å²) in [5, 5.41) is 1.12. The van der Waals surface area contributed by atoms with Gasteiger partial charge >= 0.3 is 0 Å². The van der Waals surface area contributed by atoms with Gasteiger partial charge < -0.3 is 4.74 Å². The van der Waals surface area contributed by atoms with E-state index in [-0.39, 0.29) is 11.3 Å². The van der Waals surface area contributed by atoms with Gasteiger partial charge in [-0.25, -0.2) is 4.98 Å². The van der Waals surface area contributed by atoms with E-state index in [1.807, 2.05) is 6.07 Å². The lowest BCUT2D eigenvalue weighted by atomic mass is 9.62. The van der Waals surface area contributed by atoms with Crippen molar-refractivity contribution in [2.75, 3.05) is 0 Å². The van der Waals surface area contributed by atoms with E-state index in [1.165, 1.54) is 22.3 Å². The van der Waals surface area contributed by atoms with Gasteiger partial charge in [0.05, 0.1) is 16.6 Å². The van der Waals surface area contributed by atoms with Gasteiger partial charge in [-0.3, -0.25) is 0 Å². The first kappa shape index (κ1) is 23.5. The molecule has 2 heteroatoms. The number of pyridine rings is 1. The summed E-state index contributed by atoms with van der Waals surface area (Å²) < 4.78 is 6.76. The van der Waals surface area contributed by atoms with E-state index in [4.69, 9.17) is 9.72 Å². The van der Waals surface area contributed by atoms with Crippen LogP contribution in [0.1, 0.15) is 28.2 Å². The SMILES string of the molecule is C1=CC2c3ccccc3C3(c4ccccc4Oc4cc(-c5cccc6ccc(-c7ccccc7)nc56)ccc43)C2C=C1. The van der Waals surface area contributed by atoms with E-state index in [0.717, 1.165) is 44.8 Å². The Hall–Kier alpha value is -5.21. The van der Waals surface area contributed by atoms with E-state index in [0.29, 0.717) is 5.92 Å². The van der Waals surface area contributed by atoms with Gasteiger partial charge in [-0.1, -0.05) is 133 Å². The van der Waals surface area contributed by atoms with Crippen molar-refractivity contribution in [3.05, 3.63) is 174 Å². The highest BCUT2D eigenvalue weighted by atomic mass is 16.5. The molecule has 5 aromatic carbocycles. The third-order valence-electron chi connectivity index (χ3n) is 9.42. The summed E-state index contributed by atoms with van der Waals surface area (Å²) in [6.07, 6.45) is 9.19. The van der Waals surface area contributed by atoms with E-state index in [2.05, 4.69) is 146 Å². The maximum absolute atomic E-state index is 6.76. The Balaban J connectivity index is 1.27. The van der Waals surface area contributed by atoms with Gasteiger partial charge in [0.25, 0.3) is 0 Å². The number of para-hydroxylation sites is 2. The molecule has 198 valence electrons. The van der Waals surface area contributed by atoms with Gasteiger partial charge in [0.1, 0.15) is 11.5 Å². The van der Waals surface area contributed by atoms with Gasteiger partial charge in [0.2, 0.25) is 0 Å². The summed E-state index contributed by atoms with van der Waals surface area (Å²) in [6, 6.07) is 45.5. The molecule has 0 fully saturated rings. The molecule has 1 aliphatic heterocycles. The summed E-state index contributed by atoms with van der Waals surface area (Å²) >= 11 is 0. The molecule has 0 radical (unpaired) electrons. The number of ether oxygens (including phenoxy) is 1. The Kier molecular flexibility index (Phi) is 4.97. The molecule has 3 aliphatic rings. The number of benzene rings is 5. The zero-order valence-corrected chi connectivity index (χ0v) is 22.9. The minimum atomic E-state index is -0.331. The number of rotatable bonds is 2. The van der Waals surface area contributed by atoms with Crippen LogP contribution in [0.4, 0.5) is 0 Å². The lowest BCUT2D eigenvalue weighted by molar-refractivity contribution is 0.374. The predicted octanol–water partition coefficient (Wildman–Crippen LogP) is 9.85. The molecule has 0 bridgehead atoms. The standard InChI is InChI=1S/C40H27NO/c1-2-11-26(12-3-1)36-24-22-27-13-10-16-29(39(27)41-36)28-21-23-35-38(25-28)42-37-20-9-8-19-34(37)40(35)32-17-6-4-14-30(32)31-15-5-7-18-33(31)40/h1-25,30,32H. The van der Waals surface area contributed by atoms with Crippen molar-refractivity contribution < 1.29 is 4.74 Å². The third-order valence-corrected chi connectivity index (χ3v) is 9.42. The van der Waals surface area contributed by atoms with Crippen LogP contribution in [0, 0.1) is 5.92 Å². The van der Waals surface area contributed by atoms with Crippen LogP contribution >= 0.6 is 0 Å². The van der Waals surface area contributed by atoms with Gasteiger partial charge in [-0.2, -0.15) is 0 Å². The Morgan fingerprint density at radius 3 is 2.29 bits per heavy atom. The van der Waals surface area contributed by atoms with Crippen LogP contribution in [-0.2, 0) is 5.41 Å². The molecule has 3 unspecified atom stereocenters. The van der Waals surface area contributed by atoms with Crippen LogP contribution in [0.25, 0.3) is 33.3 Å². The fourth-order valence-corrected chi connectivity index (χ4v) is 7.69. The van der Waals surface area contributed by atoms with Crippen LogP contribution in [0.15, 0.2) is 152 Å². The highest BCUT2D eigenvalue weighted by Gasteiger charge is 2.56. The second-order valence-corrected chi connectivity index (χ2v) is 11.5. The Labute approximate surface area is 245 Å². The van der Waals surface area contributed by atoms with Crippen molar-refractivity contribution in [1.29, 1.82) is 0 Å². The largest absolute Gasteiger partial charge is 0.457 e. The van der Waals surface area contributed by atoms with Crippen molar-refractivity contribution in [1.82, 2.24) is 4.98 Å². The molecule has 2 nitrogen and oxygen atoms in total. The third kappa shape index (κ3) is 3.18. The molecule has 9 rings (SSSR count). The summed E-state index contributed by atoms with van der Waals surface area (Å²) in [7, 11) is 0. The van der Waals surface area contributed by atoms with Crippen molar-refractivity contribution in [3.8, 4) is 33.9 Å². The summed E-state index contributed by atoms with van der Waals surface area (Å²) in [6.45, 7) is 0. The van der Waals surface area contributed by atoms with E-state index < -0.39 is 0 Å². The van der Waals surface area contributed by atoms with Crippen LogP contribution in [0.2, 0.25) is 0 Å². The van der Waals surface area contributed by atoms with Crippen molar-refractivity contribution in [3.63, 3.8) is 0 Å².